The molecule has 1 unspecified atom stereocenters. The molecule has 0 radical (unpaired) electrons. The summed E-state index contributed by atoms with van der Waals surface area (Å²) >= 11 is 0. The third kappa shape index (κ3) is 2.10. The van der Waals surface area contributed by atoms with Gasteiger partial charge >= 0.3 is 0 Å². The van der Waals surface area contributed by atoms with E-state index in [1.54, 1.807) is 6.07 Å². The van der Waals surface area contributed by atoms with Crippen molar-refractivity contribution in [1.82, 2.24) is 5.32 Å². The topological polar surface area (TPSA) is 50.7 Å². The third-order valence-corrected chi connectivity index (χ3v) is 2.56. The smallest absolute Gasteiger partial charge is 0.206 e. The van der Waals surface area contributed by atoms with E-state index in [4.69, 9.17) is 9.47 Å². The van der Waals surface area contributed by atoms with Crippen LogP contribution in [0.5, 0.6) is 11.5 Å². The zero-order valence-corrected chi connectivity index (χ0v) is 9.00. The van der Waals surface area contributed by atoms with Gasteiger partial charge in [-0.15, -0.1) is 0 Å². The standard InChI is InChI=1S/C11H14FNO3/c1-15-9-5-7(4-8(14)11(9)12)10-6-13-2-3-16-10/h4-5,10,13-14H,2-3,6H2,1H3. The van der Waals surface area contributed by atoms with Crippen LogP contribution in [0.2, 0.25) is 0 Å². The van der Waals surface area contributed by atoms with Crippen molar-refractivity contribution in [3.63, 3.8) is 0 Å². The van der Waals surface area contributed by atoms with Crippen molar-refractivity contribution < 1.29 is 19.0 Å². The third-order valence-electron chi connectivity index (χ3n) is 2.56. The highest BCUT2D eigenvalue weighted by Gasteiger charge is 2.19. The Hall–Kier alpha value is -1.33. The fourth-order valence-corrected chi connectivity index (χ4v) is 1.72. The molecule has 0 spiro atoms. The number of halogens is 1. The van der Waals surface area contributed by atoms with E-state index in [1.165, 1.54) is 13.2 Å². The summed E-state index contributed by atoms with van der Waals surface area (Å²) in [6.45, 7) is 2.06. The molecular weight excluding hydrogens is 213 g/mol. The van der Waals surface area contributed by atoms with E-state index in [0.29, 0.717) is 18.7 Å². The summed E-state index contributed by atoms with van der Waals surface area (Å²) in [4.78, 5) is 0. The van der Waals surface area contributed by atoms with Gasteiger partial charge in [0.15, 0.2) is 11.5 Å². The van der Waals surface area contributed by atoms with E-state index in [9.17, 15) is 9.50 Å². The summed E-state index contributed by atoms with van der Waals surface area (Å²) in [5.41, 5.74) is 0.711. The number of benzene rings is 1. The Balaban J connectivity index is 2.29. The number of hydrogen-bond donors (Lipinski definition) is 2. The van der Waals surface area contributed by atoms with E-state index >= 15 is 0 Å². The first-order chi connectivity index (χ1) is 7.72. The van der Waals surface area contributed by atoms with E-state index in [1.807, 2.05) is 0 Å². The SMILES string of the molecule is COc1cc(C2CNCCO2)cc(O)c1F. The average molecular weight is 227 g/mol. The Morgan fingerprint density at radius 3 is 3.00 bits per heavy atom. The fraction of sp³-hybridized carbons (Fsp3) is 0.455. The molecule has 1 aromatic rings. The number of methoxy groups -OCH3 is 1. The second kappa shape index (κ2) is 4.67. The van der Waals surface area contributed by atoms with E-state index < -0.39 is 11.6 Å². The van der Waals surface area contributed by atoms with Crippen LogP contribution in [0.4, 0.5) is 4.39 Å². The quantitative estimate of drug-likeness (QED) is 0.797. The summed E-state index contributed by atoms with van der Waals surface area (Å²) < 4.78 is 23.7. The van der Waals surface area contributed by atoms with Gasteiger partial charge in [-0.1, -0.05) is 0 Å². The minimum absolute atomic E-state index is 0.0316. The van der Waals surface area contributed by atoms with Crippen LogP contribution in [0.15, 0.2) is 12.1 Å². The average Bonchev–Trinajstić information content (AvgIpc) is 2.33. The minimum Gasteiger partial charge on any atom is -0.505 e. The van der Waals surface area contributed by atoms with Crippen LogP contribution in [0.3, 0.4) is 0 Å². The van der Waals surface area contributed by atoms with Gasteiger partial charge in [0.25, 0.3) is 0 Å². The molecule has 5 heteroatoms. The van der Waals surface area contributed by atoms with Gasteiger partial charge < -0.3 is 19.9 Å². The molecule has 1 fully saturated rings. The van der Waals surface area contributed by atoms with Crippen LogP contribution >= 0.6 is 0 Å². The van der Waals surface area contributed by atoms with Crippen molar-refractivity contribution in [1.29, 1.82) is 0 Å². The van der Waals surface area contributed by atoms with Crippen molar-refractivity contribution in [2.24, 2.45) is 0 Å². The largest absolute Gasteiger partial charge is 0.505 e. The zero-order chi connectivity index (χ0) is 11.5. The summed E-state index contributed by atoms with van der Waals surface area (Å²) in [7, 11) is 1.36. The molecule has 0 aromatic heterocycles. The lowest BCUT2D eigenvalue weighted by molar-refractivity contribution is 0.0274. The maximum atomic E-state index is 13.3. The number of hydrogen-bond acceptors (Lipinski definition) is 4. The van der Waals surface area contributed by atoms with Gasteiger partial charge in [-0.25, -0.2) is 0 Å². The van der Waals surface area contributed by atoms with Gasteiger partial charge in [0.05, 0.1) is 19.8 Å². The lowest BCUT2D eigenvalue weighted by Gasteiger charge is -2.24. The van der Waals surface area contributed by atoms with E-state index in [0.717, 1.165) is 6.54 Å². The van der Waals surface area contributed by atoms with E-state index in [-0.39, 0.29) is 11.9 Å². The van der Waals surface area contributed by atoms with E-state index in [2.05, 4.69) is 5.32 Å². The van der Waals surface area contributed by atoms with Crippen molar-refractivity contribution in [3.8, 4) is 11.5 Å². The highest BCUT2D eigenvalue weighted by atomic mass is 19.1. The van der Waals surface area contributed by atoms with Crippen molar-refractivity contribution in [2.45, 2.75) is 6.10 Å². The monoisotopic (exact) mass is 227 g/mol. The number of aromatic hydroxyl groups is 1. The van der Waals surface area contributed by atoms with Crippen LogP contribution in [-0.4, -0.2) is 31.9 Å². The highest BCUT2D eigenvalue weighted by molar-refractivity contribution is 5.40. The predicted molar refractivity (Wildman–Crippen MR) is 56.2 cm³/mol. The molecule has 0 saturated carbocycles. The van der Waals surface area contributed by atoms with Gasteiger partial charge in [0.1, 0.15) is 0 Å². The lowest BCUT2D eigenvalue weighted by Crippen LogP contribution is -2.33. The minimum atomic E-state index is -0.741. The molecule has 1 aromatic carbocycles. The van der Waals surface area contributed by atoms with Crippen LogP contribution in [-0.2, 0) is 4.74 Å². The summed E-state index contributed by atoms with van der Waals surface area (Å²) in [6.07, 6.45) is -0.172. The van der Waals surface area contributed by atoms with Crippen molar-refractivity contribution in [2.75, 3.05) is 26.8 Å². The maximum Gasteiger partial charge on any atom is 0.206 e. The van der Waals surface area contributed by atoms with Crippen LogP contribution in [0.1, 0.15) is 11.7 Å². The van der Waals surface area contributed by atoms with Gasteiger partial charge in [0, 0.05) is 13.1 Å². The normalized spacial score (nSPS) is 20.8. The van der Waals surface area contributed by atoms with Crippen LogP contribution in [0, 0.1) is 5.82 Å². The molecule has 2 rings (SSSR count). The van der Waals surface area contributed by atoms with Gasteiger partial charge in [-0.3, -0.25) is 0 Å². The Morgan fingerprint density at radius 1 is 1.56 bits per heavy atom. The second-order valence-electron chi connectivity index (χ2n) is 3.62. The Bertz CT molecular complexity index is 378. The molecule has 1 saturated heterocycles. The first-order valence-corrected chi connectivity index (χ1v) is 5.11. The molecule has 1 heterocycles. The van der Waals surface area contributed by atoms with Gasteiger partial charge in [0.2, 0.25) is 5.82 Å². The molecule has 0 amide bonds. The lowest BCUT2D eigenvalue weighted by atomic mass is 10.1. The maximum absolute atomic E-state index is 13.3. The number of rotatable bonds is 2. The van der Waals surface area contributed by atoms with Gasteiger partial charge in [-0.05, 0) is 17.7 Å². The second-order valence-corrected chi connectivity index (χ2v) is 3.62. The predicted octanol–water partition coefficient (Wildman–Crippen LogP) is 1.20. The molecule has 2 N–H and O–H groups in total. The highest BCUT2D eigenvalue weighted by Crippen LogP contribution is 2.31. The zero-order valence-electron chi connectivity index (χ0n) is 9.00. The summed E-state index contributed by atoms with van der Waals surface area (Å²) in [6, 6.07) is 2.92. The van der Waals surface area contributed by atoms with Gasteiger partial charge in [-0.2, -0.15) is 4.39 Å². The summed E-state index contributed by atoms with van der Waals surface area (Å²) in [5, 5.41) is 12.6. The molecule has 1 aliphatic heterocycles. The van der Waals surface area contributed by atoms with Crippen LogP contribution < -0.4 is 10.1 Å². The number of ether oxygens (including phenoxy) is 2. The molecule has 0 bridgehead atoms. The molecule has 0 aliphatic carbocycles. The number of morpholine rings is 1. The van der Waals surface area contributed by atoms with Crippen molar-refractivity contribution >= 4 is 0 Å². The number of phenols is 1. The number of phenolic OH excluding ortho intramolecular Hbond substituents is 1. The molecular formula is C11H14FNO3. The number of nitrogens with one attached hydrogen (secondary N) is 1. The molecule has 88 valence electrons. The first-order valence-electron chi connectivity index (χ1n) is 5.11. The molecule has 1 aliphatic rings. The molecule has 16 heavy (non-hydrogen) atoms. The Labute approximate surface area is 93.0 Å². The van der Waals surface area contributed by atoms with Crippen molar-refractivity contribution in [3.05, 3.63) is 23.5 Å². The fourth-order valence-electron chi connectivity index (χ4n) is 1.72. The first kappa shape index (κ1) is 11.2. The molecule has 1 atom stereocenters. The Kier molecular flexibility index (Phi) is 3.26. The summed E-state index contributed by atoms with van der Waals surface area (Å²) in [5.74, 6) is -1.12. The Morgan fingerprint density at radius 2 is 2.38 bits per heavy atom. The van der Waals surface area contributed by atoms with Crippen LogP contribution in [0.25, 0.3) is 0 Å². The molecule has 4 nitrogen and oxygen atoms in total.